The fraction of sp³-hybridized carbons (Fsp3) is 0.417. The second-order valence-electron chi connectivity index (χ2n) is 3.91. The molecule has 0 bridgehead atoms. The molecule has 0 radical (unpaired) electrons. The summed E-state index contributed by atoms with van der Waals surface area (Å²) < 4.78 is 18.9. The van der Waals surface area contributed by atoms with Gasteiger partial charge in [0, 0.05) is 24.2 Å². The Bertz CT molecular complexity index is 450. The zero-order valence-corrected chi connectivity index (χ0v) is 10.3. The number of rotatable bonds is 2. The highest BCUT2D eigenvalue weighted by molar-refractivity contribution is 6.27. The lowest BCUT2D eigenvalue weighted by Crippen LogP contribution is -2.37. The molecule has 17 heavy (non-hydrogen) atoms. The number of amides is 1. The van der Waals surface area contributed by atoms with Crippen LogP contribution >= 0.6 is 11.6 Å². The van der Waals surface area contributed by atoms with E-state index in [1.54, 1.807) is 18.1 Å². The van der Waals surface area contributed by atoms with Crippen LogP contribution in [-0.4, -0.2) is 30.3 Å². The molecule has 0 unspecified atom stereocenters. The summed E-state index contributed by atoms with van der Waals surface area (Å²) in [7, 11) is 1.56. The van der Waals surface area contributed by atoms with E-state index < -0.39 is 0 Å². The Kier molecular flexibility index (Phi) is 3.52. The van der Waals surface area contributed by atoms with Gasteiger partial charge in [-0.15, -0.1) is 11.6 Å². The van der Waals surface area contributed by atoms with Crippen LogP contribution in [0.15, 0.2) is 12.1 Å². The normalized spacial score (nSPS) is 14.4. The highest BCUT2D eigenvalue weighted by atomic mass is 35.5. The maximum absolute atomic E-state index is 13.7. The molecule has 0 saturated carbocycles. The van der Waals surface area contributed by atoms with Gasteiger partial charge in [0.05, 0.1) is 7.11 Å². The Balaban J connectivity index is 2.34. The van der Waals surface area contributed by atoms with Gasteiger partial charge in [0.15, 0.2) is 0 Å². The van der Waals surface area contributed by atoms with Gasteiger partial charge < -0.3 is 9.64 Å². The molecule has 0 N–H and O–H groups in total. The van der Waals surface area contributed by atoms with Crippen molar-refractivity contribution in [3.05, 3.63) is 29.1 Å². The van der Waals surface area contributed by atoms with E-state index in [1.165, 1.54) is 6.07 Å². The molecule has 1 heterocycles. The molecule has 1 aliphatic rings. The van der Waals surface area contributed by atoms with Crippen LogP contribution in [0.4, 0.5) is 4.39 Å². The van der Waals surface area contributed by atoms with Gasteiger partial charge in [0.25, 0.3) is 0 Å². The van der Waals surface area contributed by atoms with Crippen molar-refractivity contribution in [1.29, 1.82) is 0 Å². The quantitative estimate of drug-likeness (QED) is 0.758. The van der Waals surface area contributed by atoms with Gasteiger partial charge in [-0.1, -0.05) is 0 Å². The molecule has 2 rings (SSSR count). The summed E-state index contributed by atoms with van der Waals surface area (Å²) in [5.74, 6) is 0.146. The van der Waals surface area contributed by atoms with Crippen molar-refractivity contribution in [1.82, 2.24) is 4.90 Å². The molecule has 0 aliphatic carbocycles. The van der Waals surface area contributed by atoms with E-state index in [0.717, 1.165) is 5.56 Å². The number of nitrogens with zero attached hydrogens (tertiary/aromatic N) is 1. The maximum atomic E-state index is 13.7. The number of hydrogen-bond donors (Lipinski definition) is 0. The zero-order valence-electron chi connectivity index (χ0n) is 9.50. The van der Waals surface area contributed by atoms with Crippen LogP contribution in [0.2, 0.25) is 0 Å². The minimum atomic E-state index is -0.298. The predicted octanol–water partition coefficient (Wildman–Crippen LogP) is 1.96. The standard InChI is InChI=1S/C12H13ClFNO2/c1-17-11-3-2-10(14)9-7-15(12(16)6-13)5-4-8(9)11/h2-3H,4-7H2,1H3. The second-order valence-corrected chi connectivity index (χ2v) is 4.17. The SMILES string of the molecule is COc1ccc(F)c2c1CCN(C(=O)CCl)C2. The second kappa shape index (κ2) is 4.92. The maximum Gasteiger partial charge on any atom is 0.237 e. The van der Waals surface area contributed by atoms with E-state index >= 15 is 0 Å². The molecular weight excluding hydrogens is 245 g/mol. The Morgan fingerprint density at radius 3 is 2.94 bits per heavy atom. The first kappa shape index (κ1) is 12.2. The van der Waals surface area contributed by atoms with E-state index in [9.17, 15) is 9.18 Å². The number of methoxy groups -OCH3 is 1. The van der Waals surface area contributed by atoms with Crippen molar-refractivity contribution < 1.29 is 13.9 Å². The minimum Gasteiger partial charge on any atom is -0.496 e. The summed E-state index contributed by atoms with van der Waals surface area (Å²) in [6.07, 6.45) is 0.596. The number of carbonyl (C=O) groups excluding carboxylic acids is 1. The third-order valence-corrected chi connectivity index (χ3v) is 3.23. The molecular formula is C12H13ClFNO2. The third kappa shape index (κ3) is 2.22. The Labute approximate surface area is 104 Å². The highest BCUT2D eigenvalue weighted by Gasteiger charge is 2.24. The summed E-state index contributed by atoms with van der Waals surface area (Å²) in [6, 6.07) is 2.99. The summed E-state index contributed by atoms with van der Waals surface area (Å²) in [5.41, 5.74) is 1.39. The van der Waals surface area contributed by atoms with Crippen LogP contribution in [-0.2, 0) is 17.8 Å². The first-order chi connectivity index (χ1) is 8.17. The van der Waals surface area contributed by atoms with Crippen molar-refractivity contribution in [3.8, 4) is 5.75 Å². The number of hydrogen-bond acceptors (Lipinski definition) is 2. The molecule has 3 nitrogen and oxygen atoms in total. The van der Waals surface area contributed by atoms with E-state index in [0.29, 0.717) is 24.3 Å². The molecule has 1 aliphatic heterocycles. The molecule has 5 heteroatoms. The fourth-order valence-corrected chi connectivity index (χ4v) is 2.26. The molecule has 1 aromatic carbocycles. The minimum absolute atomic E-state index is 0.0685. The van der Waals surface area contributed by atoms with Gasteiger partial charge >= 0.3 is 0 Å². The number of carbonyl (C=O) groups is 1. The summed E-state index contributed by atoms with van der Waals surface area (Å²) in [4.78, 5) is 13.1. The lowest BCUT2D eigenvalue weighted by atomic mass is 9.98. The lowest BCUT2D eigenvalue weighted by molar-refractivity contribution is -0.129. The monoisotopic (exact) mass is 257 g/mol. The number of fused-ring (bicyclic) bond motifs is 1. The zero-order chi connectivity index (χ0) is 12.4. The summed E-state index contributed by atoms with van der Waals surface area (Å²) in [6.45, 7) is 0.822. The van der Waals surface area contributed by atoms with Crippen LogP contribution in [0.3, 0.4) is 0 Å². The van der Waals surface area contributed by atoms with E-state index in [2.05, 4.69) is 0 Å². The number of benzene rings is 1. The molecule has 0 spiro atoms. The van der Waals surface area contributed by atoms with E-state index in [4.69, 9.17) is 16.3 Å². The lowest BCUT2D eigenvalue weighted by Gasteiger charge is -2.29. The molecule has 0 atom stereocenters. The van der Waals surface area contributed by atoms with E-state index in [1.807, 2.05) is 0 Å². The van der Waals surface area contributed by atoms with Crippen LogP contribution in [0.1, 0.15) is 11.1 Å². The van der Waals surface area contributed by atoms with Gasteiger partial charge in [0.1, 0.15) is 17.4 Å². The largest absolute Gasteiger partial charge is 0.496 e. The van der Waals surface area contributed by atoms with Crippen molar-refractivity contribution in [3.63, 3.8) is 0 Å². The first-order valence-corrected chi connectivity index (χ1v) is 5.88. The van der Waals surface area contributed by atoms with Gasteiger partial charge in [-0.25, -0.2) is 4.39 Å². The molecule has 0 aromatic heterocycles. The smallest absolute Gasteiger partial charge is 0.237 e. The van der Waals surface area contributed by atoms with Gasteiger partial charge in [-0.05, 0) is 18.6 Å². The van der Waals surface area contributed by atoms with E-state index in [-0.39, 0.29) is 24.1 Å². The topological polar surface area (TPSA) is 29.5 Å². The summed E-state index contributed by atoms with van der Waals surface area (Å²) in [5, 5.41) is 0. The molecule has 1 aromatic rings. The third-order valence-electron chi connectivity index (χ3n) is 3.00. The average Bonchev–Trinajstić information content (AvgIpc) is 2.38. The average molecular weight is 258 g/mol. The Morgan fingerprint density at radius 1 is 1.53 bits per heavy atom. The van der Waals surface area contributed by atoms with Crippen LogP contribution < -0.4 is 4.74 Å². The van der Waals surface area contributed by atoms with Crippen LogP contribution in [0.5, 0.6) is 5.75 Å². The molecule has 0 saturated heterocycles. The fourth-order valence-electron chi connectivity index (χ4n) is 2.09. The van der Waals surface area contributed by atoms with Gasteiger partial charge in [-0.2, -0.15) is 0 Å². The number of alkyl halides is 1. The Morgan fingerprint density at radius 2 is 2.29 bits per heavy atom. The highest BCUT2D eigenvalue weighted by Crippen LogP contribution is 2.29. The number of halogens is 2. The van der Waals surface area contributed by atoms with Gasteiger partial charge in [0.2, 0.25) is 5.91 Å². The van der Waals surface area contributed by atoms with Gasteiger partial charge in [-0.3, -0.25) is 4.79 Å². The first-order valence-electron chi connectivity index (χ1n) is 5.35. The van der Waals surface area contributed by atoms with Crippen molar-refractivity contribution in [2.45, 2.75) is 13.0 Å². The predicted molar refractivity (Wildman–Crippen MR) is 62.8 cm³/mol. The van der Waals surface area contributed by atoms with Crippen LogP contribution in [0.25, 0.3) is 0 Å². The Hall–Kier alpha value is -1.29. The van der Waals surface area contributed by atoms with Crippen LogP contribution in [0, 0.1) is 5.82 Å². The van der Waals surface area contributed by atoms with Crippen molar-refractivity contribution in [2.24, 2.45) is 0 Å². The molecule has 0 fully saturated rings. The van der Waals surface area contributed by atoms with Crippen molar-refractivity contribution >= 4 is 17.5 Å². The molecule has 92 valence electrons. The summed E-state index contributed by atoms with van der Waals surface area (Å²) >= 11 is 5.50. The molecule has 1 amide bonds. The van der Waals surface area contributed by atoms with Crippen molar-refractivity contribution in [2.75, 3.05) is 19.5 Å². The number of ether oxygens (including phenoxy) is 1.